The smallest absolute Gasteiger partial charge is 0.134 e. The van der Waals surface area contributed by atoms with Crippen LogP contribution >= 0.6 is 0 Å². The van der Waals surface area contributed by atoms with Crippen molar-refractivity contribution in [2.45, 2.75) is 19.4 Å². The van der Waals surface area contributed by atoms with Crippen LogP contribution in [0.2, 0.25) is 0 Å². The van der Waals surface area contributed by atoms with Gasteiger partial charge >= 0.3 is 0 Å². The summed E-state index contributed by atoms with van der Waals surface area (Å²) in [6, 6.07) is 25.5. The molecule has 0 spiro atoms. The Hall–Kier alpha value is -2.84. The van der Waals surface area contributed by atoms with Gasteiger partial charge in [0.25, 0.3) is 0 Å². The highest BCUT2D eigenvalue weighted by Gasteiger charge is 2.15. The summed E-state index contributed by atoms with van der Waals surface area (Å²) in [6.45, 7) is 1.98. The molecule has 2 heteroatoms. The van der Waals surface area contributed by atoms with E-state index in [1.54, 1.807) is 0 Å². The van der Waals surface area contributed by atoms with E-state index in [0.29, 0.717) is 12.2 Å². The quantitative estimate of drug-likeness (QED) is 0.620. The van der Waals surface area contributed by atoms with Crippen molar-refractivity contribution in [1.82, 2.24) is 0 Å². The van der Waals surface area contributed by atoms with Crippen molar-refractivity contribution in [3.05, 3.63) is 102 Å². The standard InChI is InChI=1S/C23H22O2/c1-2-10-19-13-6-8-15-22(19)25-23-16-9-7-14-20(23)21(24)17-18-11-4-3-5-12-18/h2-16,21,24H,17H2,1H3. The summed E-state index contributed by atoms with van der Waals surface area (Å²) >= 11 is 0. The highest BCUT2D eigenvalue weighted by atomic mass is 16.5. The lowest BCUT2D eigenvalue weighted by molar-refractivity contribution is 0.175. The first-order chi connectivity index (χ1) is 12.3. The molecule has 0 amide bonds. The van der Waals surface area contributed by atoms with E-state index in [1.807, 2.05) is 97.9 Å². The second-order valence-corrected chi connectivity index (χ2v) is 5.88. The monoisotopic (exact) mass is 330 g/mol. The maximum atomic E-state index is 10.7. The first kappa shape index (κ1) is 17.0. The van der Waals surface area contributed by atoms with Gasteiger partial charge in [0.05, 0.1) is 6.10 Å². The van der Waals surface area contributed by atoms with Gasteiger partial charge in [0, 0.05) is 17.5 Å². The summed E-state index contributed by atoms with van der Waals surface area (Å²) in [5, 5.41) is 10.7. The summed E-state index contributed by atoms with van der Waals surface area (Å²) in [7, 11) is 0. The van der Waals surface area contributed by atoms with Crippen LogP contribution in [0.1, 0.15) is 29.7 Å². The molecule has 0 saturated heterocycles. The fourth-order valence-corrected chi connectivity index (χ4v) is 2.81. The van der Waals surface area contributed by atoms with Gasteiger partial charge in [-0.25, -0.2) is 0 Å². The average molecular weight is 330 g/mol. The molecule has 1 N–H and O–H groups in total. The van der Waals surface area contributed by atoms with E-state index < -0.39 is 6.10 Å². The first-order valence-corrected chi connectivity index (χ1v) is 8.48. The molecule has 0 heterocycles. The van der Waals surface area contributed by atoms with E-state index in [0.717, 1.165) is 22.4 Å². The molecule has 126 valence electrons. The maximum Gasteiger partial charge on any atom is 0.134 e. The van der Waals surface area contributed by atoms with Gasteiger partial charge in [0.2, 0.25) is 0 Å². The second-order valence-electron chi connectivity index (χ2n) is 5.88. The lowest BCUT2D eigenvalue weighted by Crippen LogP contribution is -2.04. The Bertz CT molecular complexity index is 837. The number of para-hydroxylation sites is 2. The van der Waals surface area contributed by atoms with Crippen LogP contribution in [0.4, 0.5) is 0 Å². The Morgan fingerprint density at radius 3 is 2.24 bits per heavy atom. The maximum absolute atomic E-state index is 10.7. The number of rotatable bonds is 6. The third-order valence-electron chi connectivity index (χ3n) is 4.04. The second kappa shape index (κ2) is 8.32. The van der Waals surface area contributed by atoms with Crippen LogP contribution in [0, 0.1) is 0 Å². The molecule has 0 aliphatic heterocycles. The van der Waals surface area contributed by atoms with E-state index in [1.165, 1.54) is 0 Å². The molecule has 3 rings (SSSR count). The van der Waals surface area contributed by atoms with Gasteiger partial charge in [-0.1, -0.05) is 78.9 Å². The van der Waals surface area contributed by atoms with Crippen molar-refractivity contribution in [3.8, 4) is 11.5 Å². The highest BCUT2D eigenvalue weighted by molar-refractivity contribution is 5.58. The number of benzene rings is 3. The molecule has 25 heavy (non-hydrogen) atoms. The summed E-state index contributed by atoms with van der Waals surface area (Å²) in [5.74, 6) is 1.46. The van der Waals surface area contributed by atoms with Crippen LogP contribution in [0.15, 0.2) is 84.9 Å². The van der Waals surface area contributed by atoms with Crippen LogP contribution in [0.3, 0.4) is 0 Å². The molecule has 0 fully saturated rings. The Morgan fingerprint density at radius 2 is 1.48 bits per heavy atom. The minimum absolute atomic E-state index is 0.553. The van der Waals surface area contributed by atoms with Gasteiger partial charge < -0.3 is 9.84 Å². The predicted octanol–water partition coefficient (Wildman–Crippen LogP) is 5.79. The van der Waals surface area contributed by atoms with Gasteiger partial charge in [0.1, 0.15) is 11.5 Å². The number of hydrogen-bond donors (Lipinski definition) is 1. The van der Waals surface area contributed by atoms with Gasteiger partial charge in [-0.05, 0) is 24.6 Å². The Kier molecular flexibility index (Phi) is 5.65. The summed E-state index contributed by atoms with van der Waals surface area (Å²) in [6.07, 6.45) is 3.93. The molecule has 0 radical (unpaired) electrons. The molecular weight excluding hydrogens is 308 g/mol. The Labute approximate surface area is 149 Å². The summed E-state index contributed by atoms with van der Waals surface area (Å²) in [5.41, 5.74) is 2.90. The molecule has 0 aliphatic rings. The average Bonchev–Trinajstić information content (AvgIpc) is 2.65. The summed E-state index contributed by atoms with van der Waals surface area (Å²) < 4.78 is 6.14. The van der Waals surface area contributed by atoms with Crippen molar-refractivity contribution in [3.63, 3.8) is 0 Å². The largest absolute Gasteiger partial charge is 0.456 e. The minimum atomic E-state index is -0.618. The van der Waals surface area contributed by atoms with Gasteiger partial charge in [-0.3, -0.25) is 0 Å². The molecule has 0 bridgehead atoms. The molecule has 0 aliphatic carbocycles. The normalized spacial score (nSPS) is 12.2. The van der Waals surface area contributed by atoms with E-state index in [4.69, 9.17) is 4.74 Å². The van der Waals surface area contributed by atoms with Crippen LogP contribution in [0.25, 0.3) is 6.08 Å². The van der Waals surface area contributed by atoms with Crippen molar-refractivity contribution in [2.24, 2.45) is 0 Å². The third-order valence-corrected chi connectivity index (χ3v) is 4.04. The van der Waals surface area contributed by atoms with Crippen molar-refractivity contribution < 1.29 is 9.84 Å². The van der Waals surface area contributed by atoms with Gasteiger partial charge in [-0.2, -0.15) is 0 Å². The zero-order valence-corrected chi connectivity index (χ0v) is 14.3. The SMILES string of the molecule is CC=Cc1ccccc1Oc1ccccc1C(O)Cc1ccccc1. The fourth-order valence-electron chi connectivity index (χ4n) is 2.81. The van der Waals surface area contributed by atoms with Crippen molar-refractivity contribution in [1.29, 1.82) is 0 Å². The number of hydrogen-bond acceptors (Lipinski definition) is 2. The Balaban J connectivity index is 1.86. The number of allylic oxidation sites excluding steroid dienone is 1. The molecule has 1 atom stereocenters. The predicted molar refractivity (Wildman–Crippen MR) is 103 cm³/mol. The number of ether oxygens (including phenoxy) is 1. The topological polar surface area (TPSA) is 29.5 Å². The van der Waals surface area contributed by atoms with E-state index in [-0.39, 0.29) is 0 Å². The lowest BCUT2D eigenvalue weighted by atomic mass is 10.0. The van der Waals surface area contributed by atoms with E-state index >= 15 is 0 Å². The van der Waals surface area contributed by atoms with E-state index in [9.17, 15) is 5.11 Å². The molecule has 3 aromatic carbocycles. The molecule has 0 saturated carbocycles. The van der Waals surface area contributed by atoms with Crippen LogP contribution < -0.4 is 4.74 Å². The van der Waals surface area contributed by atoms with Gasteiger partial charge in [0.15, 0.2) is 0 Å². The van der Waals surface area contributed by atoms with E-state index in [2.05, 4.69) is 0 Å². The molecule has 0 aromatic heterocycles. The summed E-state index contributed by atoms with van der Waals surface area (Å²) in [4.78, 5) is 0. The van der Waals surface area contributed by atoms with Crippen LogP contribution in [-0.2, 0) is 6.42 Å². The Morgan fingerprint density at radius 1 is 0.840 bits per heavy atom. The van der Waals surface area contributed by atoms with Crippen LogP contribution in [0.5, 0.6) is 11.5 Å². The third kappa shape index (κ3) is 4.37. The first-order valence-electron chi connectivity index (χ1n) is 8.48. The van der Waals surface area contributed by atoms with Crippen molar-refractivity contribution >= 4 is 6.08 Å². The molecule has 3 aromatic rings. The highest BCUT2D eigenvalue weighted by Crippen LogP contribution is 2.33. The zero-order chi connectivity index (χ0) is 17.5. The van der Waals surface area contributed by atoms with Gasteiger partial charge in [-0.15, -0.1) is 0 Å². The molecule has 2 nitrogen and oxygen atoms in total. The molecular formula is C23H22O2. The van der Waals surface area contributed by atoms with Crippen molar-refractivity contribution in [2.75, 3.05) is 0 Å². The number of aliphatic hydroxyl groups is 1. The minimum Gasteiger partial charge on any atom is -0.456 e. The zero-order valence-electron chi connectivity index (χ0n) is 14.3. The molecule has 1 unspecified atom stereocenters. The van der Waals surface area contributed by atoms with Crippen LogP contribution in [-0.4, -0.2) is 5.11 Å². The fraction of sp³-hybridized carbons (Fsp3) is 0.130. The number of aliphatic hydroxyl groups excluding tert-OH is 1. The lowest BCUT2D eigenvalue weighted by Gasteiger charge is -2.17.